The van der Waals surface area contributed by atoms with Crippen molar-refractivity contribution < 1.29 is 19.1 Å². The molecular weight excluding hydrogens is 446 g/mol. The number of benzene rings is 1. The first-order chi connectivity index (χ1) is 16.4. The average Bonchev–Trinajstić information content (AvgIpc) is 3.02. The molecule has 1 aromatic carbocycles. The van der Waals surface area contributed by atoms with E-state index in [0.29, 0.717) is 22.6 Å². The number of hydrogen-bond acceptors (Lipinski definition) is 7. The summed E-state index contributed by atoms with van der Waals surface area (Å²) in [4.78, 5) is 43.8. The molecule has 9 nitrogen and oxygen atoms in total. The van der Waals surface area contributed by atoms with Crippen LogP contribution in [-0.4, -0.2) is 46.4 Å². The summed E-state index contributed by atoms with van der Waals surface area (Å²) in [5.41, 5.74) is 8.92. The molecular formula is C26H31N5O4. The van der Waals surface area contributed by atoms with Crippen molar-refractivity contribution in [2.45, 2.75) is 65.1 Å². The van der Waals surface area contributed by atoms with E-state index >= 15 is 0 Å². The van der Waals surface area contributed by atoms with Gasteiger partial charge in [0.05, 0.1) is 17.3 Å². The number of anilines is 1. The van der Waals surface area contributed by atoms with Crippen LogP contribution in [0.5, 0.6) is 0 Å². The van der Waals surface area contributed by atoms with Gasteiger partial charge in [-0.05, 0) is 70.4 Å². The van der Waals surface area contributed by atoms with Crippen molar-refractivity contribution in [2.75, 3.05) is 12.4 Å². The fourth-order valence-electron chi connectivity index (χ4n) is 4.35. The molecule has 0 radical (unpaired) electrons. The summed E-state index contributed by atoms with van der Waals surface area (Å²) in [7, 11) is 1.70. The van der Waals surface area contributed by atoms with Crippen LogP contribution in [0, 0.1) is 18.3 Å². The van der Waals surface area contributed by atoms with E-state index < -0.39 is 29.6 Å². The number of ether oxygens (including phenoxy) is 1. The minimum absolute atomic E-state index is 0.0375. The van der Waals surface area contributed by atoms with E-state index in [1.807, 2.05) is 26.0 Å². The van der Waals surface area contributed by atoms with Crippen molar-refractivity contribution in [3.05, 3.63) is 46.5 Å². The third-order valence-corrected chi connectivity index (χ3v) is 5.95. The molecule has 2 heterocycles. The fourth-order valence-corrected chi connectivity index (χ4v) is 4.35. The Labute approximate surface area is 205 Å². The number of carbonyl (C=O) groups excluding carboxylic acids is 3. The third kappa shape index (κ3) is 5.27. The Morgan fingerprint density at radius 1 is 1.31 bits per heavy atom. The minimum atomic E-state index is -0.952. The van der Waals surface area contributed by atoms with Crippen LogP contribution in [0.25, 0.3) is 11.3 Å². The fraction of sp³-hybridized carbons (Fsp3) is 0.423. The predicted molar refractivity (Wildman–Crippen MR) is 131 cm³/mol. The molecule has 184 valence electrons. The number of carbonyl (C=O) groups is 3. The van der Waals surface area contributed by atoms with E-state index in [9.17, 15) is 19.6 Å². The second kappa shape index (κ2) is 9.74. The first-order valence-electron chi connectivity index (χ1n) is 11.5. The second-order valence-corrected chi connectivity index (χ2v) is 9.64. The van der Waals surface area contributed by atoms with Gasteiger partial charge in [-0.3, -0.25) is 14.4 Å². The number of aromatic nitrogens is 1. The van der Waals surface area contributed by atoms with Gasteiger partial charge >= 0.3 is 5.97 Å². The Morgan fingerprint density at radius 2 is 2.00 bits per heavy atom. The van der Waals surface area contributed by atoms with Crippen molar-refractivity contribution in [3.63, 3.8) is 0 Å². The predicted octanol–water partition coefficient (Wildman–Crippen LogP) is 3.46. The van der Waals surface area contributed by atoms with Crippen LogP contribution >= 0.6 is 0 Å². The maximum absolute atomic E-state index is 13.3. The molecule has 2 aromatic rings. The van der Waals surface area contributed by atoms with Crippen LogP contribution < -0.4 is 11.1 Å². The second-order valence-electron chi connectivity index (χ2n) is 9.64. The summed E-state index contributed by atoms with van der Waals surface area (Å²) in [5.74, 6) is -0.966. The van der Waals surface area contributed by atoms with Gasteiger partial charge in [-0.1, -0.05) is 6.07 Å². The van der Waals surface area contributed by atoms with Crippen molar-refractivity contribution in [1.82, 2.24) is 9.88 Å². The Bertz CT molecular complexity index is 1230. The number of nitrogens with two attached hydrogens (primary N) is 1. The van der Waals surface area contributed by atoms with Crippen LogP contribution in [0.15, 0.2) is 24.3 Å². The maximum Gasteiger partial charge on any atom is 0.306 e. The monoisotopic (exact) mass is 477 g/mol. The summed E-state index contributed by atoms with van der Waals surface area (Å²) in [6, 6.07) is 7.97. The maximum atomic E-state index is 13.3. The van der Waals surface area contributed by atoms with E-state index in [1.165, 1.54) is 4.90 Å². The van der Waals surface area contributed by atoms with Gasteiger partial charge in [-0.15, -0.1) is 0 Å². The summed E-state index contributed by atoms with van der Waals surface area (Å²) < 4.78 is 5.33. The highest BCUT2D eigenvalue weighted by atomic mass is 16.6. The Morgan fingerprint density at radius 3 is 2.57 bits per heavy atom. The van der Waals surface area contributed by atoms with Gasteiger partial charge in [0.15, 0.2) is 0 Å². The standard InChI is InChI=1S/C26H31N5O4/c1-14-11-20(30-24(29-6)19(14)13-27)16-7-8-17-18(12-16)15(2)31(25(17)34)21(23(28)33)9-10-22(32)35-26(3,4)5/h7-8,11-12,15,21H,9-10H2,1-6H3,(H2,28,33)(H,29,30)/t15?,21-/m0/s1. The Balaban J connectivity index is 1.91. The number of amides is 2. The smallest absolute Gasteiger partial charge is 0.306 e. The highest BCUT2D eigenvalue weighted by Crippen LogP contribution is 2.38. The highest BCUT2D eigenvalue weighted by Gasteiger charge is 2.41. The topological polar surface area (TPSA) is 138 Å². The van der Waals surface area contributed by atoms with Crippen LogP contribution in [0.2, 0.25) is 0 Å². The number of aryl methyl sites for hydroxylation is 1. The molecule has 0 saturated carbocycles. The van der Waals surface area contributed by atoms with Crippen LogP contribution in [0.1, 0.15) is 73.6 Å². The first kappa shape index (κ1) is 25.7. The normalized spacial score (nSPS) is 15.9. The largest absolute Gasteiger partial charge is 0.460 e. The molecule has 2 atom stereocenters. The molecule has 1 aliphatic heterocycles. The van der Waals surface area contributed by atoms with Gasteiger partial charge in [-0.2, -0.15) is 5.26 Å². The van der Waals surface area contributed by atoms with Crippen molar-refractivity contribution in [3.8, 4) is 17.3 Å². The number of nitrogens with one attached hydrogen (secondary N) is 1. The highest BCUT2D eigenvalue weighted by molar-refractivity contribution is 6.02. The summed E-state index contributed by atoms with van der Waals surface area (Å²) in [5, 5.41) is 12.4. The quantitative estimate of drug-likeness (QED) is 0.582. The number of pyridine rings is 1. The number of esters is 1. The Kier molecular flexibility index (Phi) is 7.15. The van der Waals surface area contributed by atoms with Crippen LogP contribution in [-0.2, 0) is 14.3 Å². The average molecular weight is 478 g/mol. The molecule has 0 saturated heterocycles. The van der Waals surface area contributed by atoms with Crippen molar-refractivity contribution >= 4 is 23.6 Å². The summed E-state index contributed by atoms with van der Waals surface area (Å²) >= 11 is 0. The number of nitrogens with zero attached hydrogens (tertiary/aromatic N) is 3. The lowest BCUT2D eigenvalue weighted by Crippen LogP contribution is -2.46. The number of fused-ring (bicyclic) bond motifs is 1. The molecule has 1 unspecified atom stereocenters. The van der Waals surface area contributed by atoms with Gasteiger partial charge in [0.1, 0.15) is 23.5 Å². The third-order valence-electron chi connectivity index (χ3n) is 5.95. The van der Waals surface area contributed by atoms with E-state index in [-0.39, 0.29) is 18.7 Å². The lowest BCUT2D eigenvalue weighted by atomic mass is 9.99. The number of primary amides is 1. The van der Waals surface area contributed by atoms with Crippen LogP contribution in [0.3, 0.4) is 0 Å². The molecule has 35 heavy (non-hydrogen) atoms. The van der Waals surface area contributed by atoms with E-state index in [1.54, 1.807) is 40.0 Å². The van der Waals surface area contributed by atoms with Crippen molar-refractivity contribution in [1.29, 1.82) is 5.26 Å². The summed E-state index contributed by atoms with van der Waals surface area (Å²) in [6.45, 7) is 8.96. The van der Waals surface area contributed by atoms with Gasteiger partial charge in [0.25, 0.3) is 5.91 Å². The lowest BCUT2D eigenvalue weighted by Gasteiger charge is -2.30. The first-order valence-corrected chi connectivity index (χ1v) is 11.5. The zero-order valence-corrected chi connectivity index (χ0v) is 20.9. The molecule has 0 spiro atoms. The molecule has 2 amide bonds. The number of nitriles is 1. The van der Waals surface area contributed by atoms with Gasteiger partial charge < -0.3 is 20.7 Å². The van der Waals surface area contributed by atoms with E-state index in [4.69, 9.17) is 10.5 Å². The zero-order valence-electron chi connectivity index (χ0n) is 20.9. The number of hydrogen-bond donors (Lipinski definition) is 2. The van der Waals surface area contributed by atoms with Gasteiger partial charge in [0.2, 0.25) is 5.91 Å². The number of rotatable bonds is 7. The van der Waals surface area contributed by atoms with Crippen molar-refractivity contribution in [2.24, 2.45) is 5.73 Å². The van der Waals surface area contributed by atoms with E-state index in [0.717, 1.165) is 16.7 Å². The molecule has 3 rings (SSSR count). The summed E-state index contributed by atoms with van der Waals surface area (Å²) in [6.07, 6.45) is 0.0350. The minimum Gasteiger partial charge on any atom is -0.460 e. The van der Waals surface area contributed by atoms with E-state index in [2.05, 4.69) is 16.4 Å². The molecule has 1 aliphatic rings. The molecule has 0 fully saturated rings. The molecule has 3 N–H and O–H groups in total. The molecule has 0 bridgehead atoms. The Hall–Kier alpha value is -3.93. The molecule has 9 heteroatoms. The SMILES string of the molecule is CNc1nc(-c2ccc3c(c2)C(C)N([C@@H](CCC(=O)OC(C)(C)C)C(N)=O)C3=O)cc(C)c1C#N. The van der Waals surface area contributed by atoms with Gasteiger partial charge in [-0.25, -0.2) is 4.98 Å². The molecule has 0 aliphatic carbocycles. The van der Waals surface area contributed by atoms with Crippen LogP contribution in [0.4, 0.5) is 5.82 Å². The molecule has 1 aromatic heterocycles. The zero-order chi connectivity index (χ0) is 26.1. The van der Waals surface area contributed by atoms with Gasteiger partial charge in [0, 0.05) is 24.6 Å². The lowest BCUT2D eigenvalue weighted by molar-refractivity contribution is -0.155.